The number of carbonyl (C=O) groups is 2. The van der Waals surface area contributed by atoms with Crippen molar-refractivity contribution in [2.24, 2.45) is 0 Å². The fraction of sp³-hybridized carbons (Fsp3) is 0.250. The average Bonchev–Trinajstić information content (AvgIpc) is 2.87. The second-order valence-corrected chi connectivity index (χ2v) is 3.76. The minimum atomic E-state index is -0.437. The molecule has 8 heteroatoms. The number of rotatable bonds is 5. The van der Waals surface area contributed by atoms with Gasteiger partial charge in [-0.25, -0.2) is 4.79 Å². The van der Waals surface area contributed by atoms with Crippen LogP contribution in [-0.4, -0.2) is 38.5 Å². The second kappa shape index (κ2) is 6.41. The highest BCUT2D eigenvalue weighted by atomic mass is 16.5. The van der Waals surface area contributed by atoms with Crippen molar-refractivity contribution in [3.63, 3.8) is 0 Å². The van der Waals surface area contributed by atoms with E-state index in [0.29, 0.717) is 12.2 Å². The number of anilines is 1. The quantitative estimate of drug-likeness (QED) is 0.797. The summed E-state index contributed by atoms with van der Waals surface area (Å²) in [6.07, 6.45) is 4.37. The van der Waals surface area contributed by atoms with E-state index in [1.807, 2.05) is 0 Å². The fourth-order valence-electron chi connectivity index (χ4n) is 1.44. The van der Waals surface area contributed by atoms with Gasteiger partial charge in [-0.3, -0.25) is 9.78 Å². The Bertz CT molecular complexity index is 596. The number of ether oxygens (including phenoxy) is 1. The summed E-state index contributed by atoms with van der Waals surface area (Å²) >= 11 is 0. The van der Waals surface area contributed by atoms with Crippen molar-refractivity contribution < 1.29 is 14.3 Å². The molecule has 2 rings (SSSR count). The fourth-order valence-corrected chi connectivity index (χ4v) is 1.44. The number of esters is 1. The summed E-state index contributed by atoms with van der Waals surface area (Å²) in [5.41, 5.74) is 0.410. The van der Waals surface area contributed by atoms with E-state index < -0.39 is 5.97 Å². The van der Waals surface area contributed by atoms with Crippen molar-refractivity contribution >= 4 is 17.7 Å². The zero-order valence-electron chi connectivity index (χ0n) is 10.8. The average molecular weight is 275 g/mol. The zero-order valence-corrected chi connectivity index (χ0v) is 10.8. The molecule has 8 nitrogen and oxygen atoms in total. The van der Waals surface area contributed by atoms with Gasteiger partial charge in [-0.15, -0.1) is 5.10 Å². The lowest BCUT2D eigenvalue weighted by atomic mass is 10.3. The Labute approximate surface area is 114 Å². The number of carbonyl (C=O) groups excluding carboxylic acids is 2. The van der Waals surface area contributed by atoms with Crippen LogP contribution in [0.2, 0.25) is 0 Å². The lowest BCUT2D eigenvalue weighted by molar-refractivity contribution is -0.144. The molecular weight excluding hydrogens is 262 g/mol. The summed E-state index contributed by atoms with van der Waals surface area (Å²) in [7, 11) is 0. The summed E-state index contributed by atoms with van der Waals surface area (Å²) in [5.74, 6) is -0.530. The first-order chi connectivity index (χ1) is 9.69. The summed E-state index contributed by atoms with van der Waals surface area (Å²) in [6.45, 7) is 1.91. The number of nitrogens with one attached hydrogen (secondary N) is 1. The monoisotopic (exact) mass is 275 g/mol. The highest BCUT2D eigenvalue weighted by Crippen LogP contribution is 2.04. The number of hydrogen-bond donors (Lipinski definition) is 1. The van der Waals surface area contributed by atoms with Crippen molar-refractivity contribution in [1.29, 1.82) is 0 Å². The molecule has 0 saturated carbocycles. The molecule has 0 aromatic carbocycles. The molecule has 2 aromatic rings. The molecule has 20 heavy (non-hydrogen) atoms. The van der Waals surface area contributed by atoms with E-state index >= 15 is 0 Å². The van der Waals surface area contributed by atoms with E-state index in [1.54, 1.807) is 25.3 Å². The van der Waals surface area contributed by atoms with Crippen LogP contribution in [0.3, 0.4) is 0 Å². The number of hydrogen-bond acceptors (Lipinski definition) is 6. The lowest BCUT2D eigenvalue weighted by Crippen LogP contribution is -2.16. The van der Waals surface area contributed by atoms with Crippen LogP contribution in [-0.2, 0) is 16.1 Å². The van der Waals surface area contributed by atoms with Crippen LogP contribution in [0, 0.1) is 0 Å². The molecule has 2 heterocycles. The lowest BCUT2D eigenvalue weighted by Gasteiger charge is -2.01. The number of pyridine rings is 1. The summed E-state index contributed by atoms with van der Waals surface area (Å²) in [4.78, 5) is 28.1. The van der Waals surface area contributed by atoms with Crippen molar-refractivity contribution in [2.75, 3.05) is 11.9 Å². The zero-order chi connectivity index (χ0) is 14.4. The van der Waals surface area contributed by atoms with E-state index in [1.165, 1.54) is 12.4 Å². The second-order valence-electron chi connectivity index (χ2n) is 3.76. The van der Waals surface area contributed by atoms with Gasteiger partial charge >= 0.3 is 5.97 Å². The van der Waals surface area contributed by atoms with Crippen molar-refractivity contribution in [2.45, 2.75) is 13.5 Å². The highest BCUT2D eigenvalue weighted by Gasteiger charge is 2.10. The van der Waals surface area contributed by atoms with Gasteiger partial charge in [-0.2, -0.15) is 9.90 Å². The van der Waals surface area contributed by atoms with Gasteiger partial charge in [-0.1, -0.05) is 0 Å². The first kappa shape index (κ1) is 13.7. The summed E-state index contributed by atoms with van der Waals surface area (Å²) < 4.78 is 4.77. The molecule has 0 aliphatic rings. The van der Waals surface area contributed by atoms with Gasteiger partial charge in [0, 0.05) is 12.4 Å². The van der Waals surface area contributed by atoms with Crippen molar-refractivity contribution in [3.8, 4) is 0 Å². The molecule has 0 unspecified atom stereocenters. The number of nitrogens with zero attached hydrogens (tertiary/aromatic N) is 4. The van der Waals surface area contributed by atoms with Gasteiger partial charge in [0.1, 0.15) is 0 Å². The van der Waals surface area contributed by atoms with Crippen LogP contribution in [0.25, 0.3) is 0 Å². The predicted molar refractivity (Wildman–Crippen MR) is 68.8 cm³/mol. The maximum Gasteiger partial charge on any atom is 0.329 e. The maximum absolute atomic E-state index is 11.8. The van der Waals surface area contributed by atoms with E-state index in [0.717, 1.165) is 4.80 Å². The third-order valence-electron chi connectivity index (χ3n) is 2.28. The Morgan fingerprint density at radius 2 is 2.25 bits per heavy atom. The molecule has 0 bridgehead atoms. The molecule has 104 valence electrons. The Morgan fingerprint density at radius 3 is 2.95 bits per heavy atom. The molecule has 0 spiro atoms. The SMILES string of the molecule is CCOC(=O)Cn1ncc(NC(=O)c2cccnc2)n1. The van der Waals surface area contributed by atoms with Crippen LogP contribution < -0.4 is 5.32 Å². The third kappa shape index (κ3) is 3.61. The number of aromatic nitrogens is 4. The standard InChI is InChI=1S/C12H13N5O3/c1-2-20-11(18)8-17-14-7-10(16-17)15-12(19)9-4-3-5-13-6-9/h3-7H,2,8H2,1H3,(H,15,16,19). The summed E-state index contributed by atoms with van der Waals surface area (Å²) in [5, 5.41) is 10.4. The Hall–Kier alpha value is -2.77. The van der Waals surface area contributed by atoms with Gasteiger partial charge in [-0.05, 0) is 19.1 Å². The van der Waals surface area contributed by atoms with Crippen LogP contribution in [0.5, 0.6) is 0 Å². The van der Waals surface area contributed by atoms with Crippen LogP contribution in [0.1, 0.15) is 17.3 Å². The predicted octanol–water partition coefficient (Wildman–Crippen LogP) is 0.488. The van der Waals surface area contributed by atoms with E-state index in [-0.39, 0.29) is 18.3 Å². The topological polar surface area (TPSA) is 99.0 Å². The molecule has 0 aliphatic heterocycles. The van der Waals surface area contributed by atoms with Crippen molar-refractivity contribution in [1.82, 2.24) is 20.0 Å². The Kier molecular flexibility index (Phi) is 4.38. The first-order valence-electron chi connectivity index (χ1n) is 5.96. The summed E-state index contributed by atoms with van der Waals surface area (Å²) in [6, 6.07) is 3.29. The molecule has 2 aromatic heterocycles. The number of amides is 1. The molecule has 0 fully saturated rings. The highest BCUT2D eigenvalue weighted by molar-refractivity contribution is 6.03. The molecule has 1 N–H and O–H groups in total. The van der Waals surface area contributed by atoms with Gasteiger partial charge in [0.15, 0.2) is 12.4 Å². The first-order valence-corrected chi connectivity index (χ1v) is 5.96. The minimum Gasteiger partial charge on any atom is -0.465 e. The van der Waals surface area contributed by atoms with Crippen LogP contribution in [0.4, 0.5) is 5.82 Å². The van der Waals surface area contributed by atoms with Crippen LogP contribution in [0.15, 0.2) is 30.7 Å². The maximum atomic E-state index is 11.8. The van der Waals surface area contributed by atoms with Gasteiger partial charge < -0.3 is 10.1 Å². The van der Waals surface area contributed by atoms with E-state index in [9.17, 15) is 9.59 Å². The molecule has 0 aliphatic carbocycles. The van der Waals surface area contributed by atoms with Gasteiger partial charge in [0.25, 0.3) is 5.91 Å². The molecule has 0 radical (unpaired) electrons. The van der Waals surface area contributed by atoms with E-state index in [4.69, 9.17) is 4.74 Å². The van der Waals surface area contributed by atoms with Gasteiger partial charge in [0.2, 0.25) is 0 Å². The Balaban J connectivity index is 1.96. The third-order valence-corrected chi connectivity index (χ3v) is 2.28. The molecule has 0 atom stereocenters. The largest absolute Gasteiger partial charge is 0.465 e. The smallest absolute Gasteiger partial charge is 0.329 e. The van der Waals surface area contributed by atoms with Crippen LogP contribution >= 0.6 is 0 Å². The van der Waals surface area contributed by atoms with Crippen molar-refractivity contribution in [3.05, 3.63) is 36.3 Å². The molecular formula is C12H13N5O3. The Morgan fingerprint density at radius 1 is 1.40 bits per heavy atom. The molecule has 1 amide bonds. The normalized spacial score (nSPS) is 10.1. The molecule has 0 saturated heterocycles. The van der Waals surface area contributed by atoms with Gasteiger partial charge in [0.05, 0.1) is 18.4 Å². The van der Waals surface area contributed by atoms with E-state index in [2.05, 4.69) is 20.5 Å². The minimum absolute atomic E-state index is 0.101.